The van der Waals surface area contributed by atoms with Crippen molar-refractivity contribution in [1.82, 2.24) is 19.9 Å². The van der Waals surface area contributed by atoms with E-state index in [1.807, 2.05) is 35.8 Å². The third-order valence-corrected chi connectivity index (χ3v) is 5.59. The predicted octanol–water partition coefficient (Wildman–Crippen LogP) is 4.66. The molecule has 4 aromatic rings. The molecule has 2 heterocycles. The van der Waals surface area contributed by atoms with Crippen molar-refractivity contribution in [2.45, 2.75) is 39.8 Å². The van der Waals surface area contributed by atoms with Gasteiger partial charge in [-0.3, -0.25) is 9.78 Å². The Bertz CT molecular complexity index is 1220. The van der Waals surface area contributed by atoms with Crippen molar-refractivity contribution in [3.05, 3.63) is 94.8 Å². The van der Waals surface area contributed by atoms with E-state index in [-0.39, 0.29) is 11.7 Å². The lowest BCUT2D eigenvalue weighted by Crippen LogP contribution is -2.31. The highest BCUT2D eigenvalue weighted by Gasteiger charge is 2.22. The van der Waals surface area contributed by atoms with E-state index in [9.17, 15) is 9.18 Å². The molecule has 31 heavy (non-hydrogen) atoms. The van der Waals surface area contributed by atoms with Gasteiger partial charge in [0.25, 0.3) is 0 Å². The molecule has 0 saturated carbocycles. The molecule has 0 bridgehead atoms. The molecule has 0 radical (unpaired) electrons. The van der Waals surface area contributed by atoms with Crippen molar-refractivity contribution < 1.29 is 9.18 Å². The van der Waals surface area contributed by atoms with Gasteiger partial charge >= 0.3 is 0 Å². The van der Waals surface area contributed by atoms with Crippen molar-refractivity contribution in [1.29, 1.82) is 0 Å². The number of aromatic nitrogens is 3. The second kappa shape index (κ2) is 8.68. The Balaban J connectivity index is 1.68. The van der Waals surface area contributed by atoms with E-state index in [1.54, 1.807) is 18.3 Å². The van der Waals surface area contributed by atoms with Crippen molar-refractivity contribution >= 4 is 16.9 Å². The summed E-state index contributed by atoms with van der Waals surface area (Å²) in [5.74, 6) is 0.390. The average molecular weight is 417 g/mol. The number of fused-ring (bicyclic) bond motifs is 1. The van der Waals surface area contributed by atoms with Gasteiger partial charge in [-0.05, 0) is 73.9 Å². The minimum absolute atomic E-state index is 0.108. The molecule has 2 aromatic carbocycles. The first-order chi connectivity index (χ1) is 14.9. The first-order valence-electron chi connectivity index (χ1n) is 10.3. The summed E-state index contributed by atoms with van der Waals surface area (Å²) in [6.45, 7) is 6.34. The zero-order valence-corrected chi connectivity index (χ0v) is 17.9. The minimum Gasteiger partial charge on any atom is -0.349 e. The smallest absolute Gasteiger partial charge is 0.243 e. The van der Waals surface area contributed by atoms with Crippen LogP contribution in [0.5, 0.6) is 0 Å². The van der Waals surface area contributed by atoms with E-state index < -0.39 is 6.04 Å². The Morgan fingerprint density at radius 1 is 1.10 bits per heavy atom. The number of carbonyl (C=O) groups excluding carboxylic acids is 1. The molecule has 0 unspecified atom stereocenters. The molecule has 0 spiro atoms. The van der Waals surface area contributed by atoms with Gasteiger partial charge in [-0.25, -0.2) is 9.37 Å². The lowest BCUT2D eigenvalue weighted by atomic mass is 10.1. The van der Waals surface area contributed by atoms with Crippen LogP contribution < -0.4 is 5.32 Å². The molecule has 5 nitrogen and oxygen atoms in total. The summed E-state index contributed by atoms with van der Waals surface area (Å²) >= 11 is 0. The van der Waals surface area contributed by atoms with E-state index in [0.29, 0.717) is 13.0 Å². The molecule has 0 saturated heterocycles. The standard InChI is InChI=1S/C25H25FN4O/c1-16-12-22-23(13-17(16)2)30(24(29-22)14-19-7-9-20(26)10-8-19)18(3)25(31)28-15-21-6-4-5-11-27-21/h4-13,18H,14-15H2,1-3H3,(H,28,31)/t18-/m0/s1. The SMILES string of the molecule is Cc1cc2nc(Cc3ccc(F)cc3)n([C@@H](C)C(=O)NCc3ccccn3)c2cc1C. The van der Waals surface area contributed by atoms with Crippen molar-refractivity contribution in [3.63, 3.8) is 0 Å². The number of nitrogens with zero attached hydrogens (tertiary/aromatic N) is 3. The molecule has 1 amide bonds. The fourth-order valence-electron chi connectivity index (χ4n) is 3.69. The van der Waals surface area contributed by atoms with E-state index in [1.165, 1.54) is 12.1 Å². The Morgan fingerprint density at radius 2 is 1.84 bits per heavy atom. The summed E-state index contributed by atoms with van der Waals surface area (Å²) in [6.07, 6.45) is 2.21. The van der Waals surface area contributed by atoms with Crippen LogP contribution in [-0.4, -0.2) is 20.4 Å². The van der Waals surface area contributed by atoms with Crippen LogP contribution in [0.1, 0.15) is 41.2 Å². The van der Waals surface area contributed by atoms with Gasteiger partial charge in [0, 0.05) is 12.6 Å². The molecule has 158 valence electrons. The van der Waals surface area contributed by atoms with Gasteiger partial charge in [0.15, 0.2) is 0 Å². The number of halogens is 1. The second-order valence-electron chi connectivity index (χ2n) is 7.84. The van der Waals surface area contributed by atoms with E-state index in [2.05, 4.69) is 30.2 Å². The van der Waals surface area contributed by atoms with Crippen LogP contribution in [0.15, 0.2) is 60.8 Å². The number of rotatable bonds is 6. The first kappa shape index (κ1) is 20.7. The van der Waals surface area contributed by atoms with Gasteiger partial charge in [0.1, 0.15) is 17.7 Å². The zero-order valence-electron chi connectivity index (χ0n) is 17.9. The topological polar surface area (TPSA) is 59.8 Å². The second-order valence-corrected chi connectivity index (χ2v) is 7.84. The number of carbonyl (C=O) groups is 1. The van der Waals surface area contributed by atoms with Gasteiger partial charge in [-0.1, -0.05) is 18.2 Å². The molecule has 0 fully saturated rings. The summed E-state index contributed by atoms with van der Waals surface area (Å²) < 4.78 is 15.3. The molecule has 4 rings (SSSR count). The van der Waals surface area contributed by atoms with E-state index in [4.69, 9.17) is 4.98 Å². The number of benzene rings is 2. The van der Waals surface area contributed by atoms with Gasteiger partial charge in [0.2, 0.25) is 5.91 Å². The van der Waals surface area contributed by atoms with Crippen molar-refractivity contribution in [2.24, 2.45) is 0 Å². The number of nitrogens with one attached hydrogen (secondary N) is 1. The fraction of sp³-hybridized carbons (Fsp3) is 0.240. The van der Waals surface area contributed by atoms with Crippen LogP contribution in [0.3, 0.4) is 0 Å². The summed E-state index contributed by atoms with van der Waals surface area (Å²) in [6, 6.07) is 15.7. The lowest BCUT2D eigenvalue weighted by molar-refractivity contribution is -0.124. The maximum atomic E-state index is 13.3. The highest BCUT2D eigenvalue weighted by Crippen LogP contribution is 2.26. The summed E-state index contributed by atoms with van der Waals surface area (Å²) in [7, 11) is 0. The van der Waals surface area contributed by atoms with Gasteiger partial charge in [-0.2, -0.15) is 0 Å². The normalized spacial score (nSPS) is 12.1. The van der Waals surface area contributed by atoms with Crippen LogP contribution in [0.25, 0.3) is 11.0 Å². The number of amides is 1. The van der Waals surface area contributed by atoms with Gasteiger partial charge in [-0.15, -0.1) is 0 Å². The van der Waals surface area contributed by atoms with Gasteiger partial charge in [0.05, 0.1) is 23.3 Å². The van der Waals surface area contributed by atoms with Crippen LogP contribution in [0, 0.1) is 19.7 Å². The summed E-state index contributed by atoms with van der Waals surface area (Å²) in [5, 5.41) is 2.98. The third-order valence-electron chi connectivity index (χ3n) is 5.59. The molecule has 0 aliphatic heterocycles. The monoisotopic (exact) mass is 416 g/mol. The van der Waals surface area contributed by atoms with Crippen LogP contribution in [0.2, 0.25) is 0 Å². The van der Waals surface area contributed by atoms with Crippen molar-refractivity contribution in [2.75, 3.05) is 0 Å². The molecule has 0 aliphatic carbocycles. The molecule has 1 N–H and O–H groups in total. The molecular weight excluding hydrogens is 391 g/mol. The predicted molar refractivity (Wildman–Crippen MR) is 119 cm³/mol. The quantitative estimate of drug-likeness (QED) is 0.498. The first-order valence-corrected chi connectivity index (χ1v) is 10.3. The molecule has 1 atom stereocenters. The van der Waals surface area contributed by atoms with Crippen molar-refractivity contribution in [3.8, 4) is 0 Å². The lowest BCUT2D eigenvalue weighted by Gasteiger charge is -2.18. The maximum absolute atomic E-state index is 13.3. The fourth-order valence-corrected chi connectivity index (χ4v) is 3.69. The Morgan fingerprint density at radius 3 is 2.55 bits per heavy atom. The number of pyridine rings is 1. The summed E-state index contributed by atoms with van der Waals surface area (Å²) in [5.41, 5.74) is 5.80. The van der Waals surface area contributed by atoms with E-state index in [0.717, 1.165) is 39.2 Å². The van der Waals surface area contributed by atoms with Crippen LogP contribution >= 0.6 is 0 Å². The Labute approximate surface area is 181 Å². The highest BCUT2D eigenvalue weighted by atomic mass is 19.1. The van der Waals surface area contributed by atoms with Crippen LogP contribution in [0.4, 0.5) is 4.39 Å². The molecule has 6 heteroatoms. The van der Waals surface area contributed by atoms with Crippen LogP contribution in [-0.2, 0) is 17.8 Å². The minimum atomic E-state index is -0.466. The number of hydrogen-bond acceptors (Lipinski definition) is 3. The zero-order chi connectivity index (χ0) is 22.0. The van der Waals surface area contributed by atoms with E-state index >= 15 is 0 Å². The third kappa shape index (κ3) is 4.48. The number of aryl methyl sites for hydroxylation is 2. The molecule has 2 aromatic heterocycles. The largest absolute Gasteiger partial charge is 0.349 e. The summed E-state index contributed by atoms with van der Waals surface area (Å²) in [4.78, 5) is 22.1. The molecule has 0 aliphatic rings. The maximum Gasteiger partial charge on any atom is 0.243 e. The molecular formula is C25H25FN4O. The Kier molecular flexibility index (Phi) is 5.80. The number of hydrogen-bond donors (Lipinski definition) is 1. The van der Waals surface area contributed by atoms with Gasteiger partial charge < -0.3 is 9.88 Å². The highest BCUT2D eigenvalue weighted by molar-refractivity contribution is 5.84. The Hall–Kier alpha value is -3.54. The average Bonchev–Trinajstić information content (AvgIpc) is 3.10. The number of imidazole rings is 1.